The van der Waals surface area contributed by atoms with Crippen LogP contribution in [0, 0.1) is 12.7 Å². The Hall–Kier alpha value is -3.16. The van der Waals surface area contributed by atoms with Crippen LogP contribution in [0.1, 0.15) is 34.6 Å². The van der Waals surface area contributed by atoms with Gasteiger partial charge in [0.15, 0.2) is 5.82 Å². The van der Waals surface area contributed by atoms with E-state index in [0.717, 1.165) is 0 Å². The molecular weight excluding hydrogens is 311 g/mol. The fourth-order valence-corrected chi connectivity index (χ4v) is 2.34. The molecule has 122 valence electrons. The van der Waals surface area contributed by atoms with E-state index in [1.165, 1.54) is 41.7 Å². The summed E-state index contributed by atoms with van der Waals surface area (Å²) in [6, 6.07) is 3.72. The van der Waals surface area contributed by atoms with Gasteiger partial charge in [-0.05, 0) is 37.6 Å². The fraction of sp³-hybridized carbons (Fsp3) is 0.188. The highest BCUT2D eigenvalue weighted by Gasteiger charge is 2.19. The summed E-state index contributed by atoms with van der Waals surface area (Å²) in [5, 5.41) is 10.9. The molecule has 1 amide bonds. The van der Waals surface area contributed by atoms with Crippen molar-refractivity contribution in [1.29, 1.82) is 0 Å². The van der Waals surface area contributed by atoms with Gasteiger partial charge in [-0.15, -0.1) is 4.80 Å². The van der Waals surface area contributed by atoms with Gasteiger partial charge in [-0.2, -0.15) is 10.2 Å². The van der Waals surface area contributed by atoms with Gasteiger partial charge in [-0.25, -0.2) is 9.37 Å². The summed E-state index contributed by atoms with van der Waals surface area (Å²) < 4.78 is 13.5. The number of nitrogens with zero attached hydrogens (tertiary/aromatic N) is 5. The molecule has 0 saturated carbocycles. The summed E-state index contributed by atoms with van der Waals surface area (Å²) in [6.07, 6.45) is 6.10. The zero-order chi connectivity index (χ0) is 17.1. The normalized spacial score (nSPS) is 12.0. The van der Waals surface area contributed by atoms with Crippen molar-refractivity contribution in [2.75, 3.05) is 0 Å². The lowest BCUT2D eigenvalue weighted by Gasteiger charge is -2.15. The number of aryl methyl sites for hydroxylation is 1. The topological polar surface area (TPSA) is 85.6 Å². The van der Waals surface area contributed by atoms with Crippen molar-refractivity contribution in [2.45, 2.75) is 19.9 Å². The maximum absolute atomic E-state index is 13.5. The summed E-state index contributed by atoms with van der Waals surface area (Å²) in [5.74, 6) is -0.422. The Balaban J connectivity index is 1.85. The highest BCUT2D eigenvalue weighted by molar-refractivity contribution is 5.94. The highest BCUT2D eigenvalue weighted by atomic mass is 19.1. The number of nitrogens with one attached hydrogen (secondary N) is 1. The van der Waals surface area contributed by atoms with Gasteiger partial charge in [0.2, 0.25) is 0 Å². The van der Waals surface area contributed by atoms with Crippen LogP contribution in [0.4, 0.5) is 4.39 Å². The van der Waals surface area contributed by atoms with Gasteiger partial charge in [0, 0.05) is 18.0 Å². The van der Waals surface area contributed by atoms with Gasteiger partial charge in [0.1, 0.15) is 11.5 Å². The van der Waals surface area contributed by atoms with Crippen molar-refractivity contribution >= 4 is 5.91 Å². The maximum atomic E-state index is 13.5. The van der Waals surface area contributed by atoms with Crippen molar-refractivity contribution in [3.8, 4) is 5.82 Å². The number of hydrogen-bond acceptors (Lipinski definition) is 5. The molecule has 1 atom stereocenters. The van der Waals surface area contributed by atoms with Crippen LogP contribution in [0.25, 0.3) is 5.82 Å². The summed E-state index contributed by atoms with van der Waals surface area (Å²) >= 11 is 0. The van der Waals surface area contributed by atoms with Crippen molar-refractivity contribution in [3.63, 3.8) is 0 Å². The number of amides is 1. The van der Waals surface area contributed by atoms with E-state index in [9.17, 15) is 9.18 Å². The number of halogens is 1. The predicted molar refractivity (Wildman–Crippen MR) is 84.0 cm³/mol. The van der Waals surface area contributed by atoms with Crippen LogP contribution < -0.4 is 5.32 Å². The van der Waals surface area contributed by atoms with Gasteiger partial charge < -0.3 is 5.32 Å². The van der Waals surface area contributed by atoms with E-state index in [1.807, 2.05) is 0 Å². The van der Waals surface area contributed by atoms with Gasteiger partial charge in [-0.3, -0.25) is 9.78 Å². The second-order valence-corrected chi connectivity index (χ2v) is 5.30. The lowest BCUT2D eigenvalue weighted by Crippen LogP contribution is -2.28. The van der Waals surface area contributed by atoms with E-state index in [1.54, 1.807) is 19.9 Å². The SMILES string of the molecule is Cc1cc(F)cc(C(=O)NC(C)c2nccnc2-n2nccn2)c1. The second kappa shape index (κ2) is 6.53. The number of carbonyl (C=O) groups is 1. The lowest BCUT2D eigenvalue weighted by molar-refractivity contribution is 0.0938. The van der Waals surface area contributed by atoms with Crippen molar-refractivity contribution < 1.29 is 9.18 Å². The average molecular weight is 326 g/mol. The molecular formula is C16H15FN6O. The molecule has 0 aliphatic heterocycles. The van der Waals surface area contributed by atoms with E-state index in [2.05, 4.69) is 25.5 Å². The smallest absolute Gasteiger partial charge is 0.251 e. The van der Waals surface area contributed by atoms with Crippen molar-refractivity contribution in [3.05, 3.63) is 65.6 Å². The minimum absolute atomic E-state index is 0.252. The van der Waals surface area contributed by atoms with E-state index < -0.39 is 17.8 Å². The minimum atomic E-state index is -0.462. The van der Waals surface area contributed by atoms with Gasteiger partial charge in [-0.1, -0.05) is 0 Å². The molecule has 0 radical (unpaired) electrons. The van der Waals surface area contributed by atoms with Crippen LogP contribution in [-0.4, -0.2) is 30.9 Å². The standard InChI is InChI=1S/C16H15FN6O/c1-10-7-12(9-13(17)8-10)16(24)22-11(2)14-15(19-4-3-18-14)23-20-5-6-21-23/h3-9,11H,1-2H3,(H,22,24). The van der Waals surface area contributed by atoms with Crippen LogP contribution in [0.2, 0.25) is 0 Å². The van der Waals surface area contributed by atoms with Crippen LogP contribution >= 0.6 is 0 Å². The van der Waals surface area contributed by atoms with Gasteiger partial charge in [0.05, 0.1) is 18.4 Å². The Kier molecular flexibility index (Phi) is 4.28. The zero-order valence-electron chi connectivity index (χ0n) is 13.1. The van der Waals surface area contributed by atoms with Gasteiger partial charge >= 0.3 is 0 Å². The molecule has 1 N–H and O–H groups in total. The van der Waals surface area contributed by atoms with E-state index in [4.69, 9.17) is 0 Å². The van der Waals surface area contributed by atoms with Crippen LogP contribution in [0.5, 0.6) is 0 Å². The first-order valence-corrected chi connectivity index (χ1v) is 7.30. The predicted octanol–water partition coefficient (Wildman–Crippen LogP) is 2.00. The minimum Gasteiger partial charge on any atom is -0.344 e. The van der Waals surface area contributed by atoms with Crippen molar-refractivity contribution in [1.82, 2.24) is 30.3 Å². The quantitative estimate of drug-likeness (QED) is 0.792. The first-order chi connectivity index (χ1) is 11.5. The summed E-state index contributed by atoms with van der Waals surface area (Å²) in [5.41, 5.74) is 1.44. The molecule has 0 fully saturated rings. The Labute approximate surface area is 137 Å². The summed E-state index contributed by atoms with van der Waals surface area (Å²) in [4.78, 5) is 22.2. The molecule has 2 heterocycles. The monoisotopic (exact) mass is 326 g/mol. The Morgan fingerprint density at radius 1 is 1.12 bits per heavy atom. The van der Waals surface area contributed by atoms with E-state index in [-0.39, 0.29) is 5.56 Å². The van der Waals surface area contributed by atoms with Crippen LogP contribution in [0.3, 0.4) is 0 Å². The second-order valence-electron chi connectivity index (χ2n) is 5.30. The maximum Gasteiger partial charge on any atom is 0.251 e. The number of benzene rings is 1. The number of hydrogen-bond donors (Lipinski definition) is 1. The molecule has 0 aliphatic rings. The van der Waals surface area contributed by atoms with E-state index in [0.29, 0.717) is 17.1 Å². The molecule has 2 aromatic heterocycles. The summed E-state index contributed by atoms with van der Waals surface area (Å²) in [6.45, 7) is 3.49. The average Bonchev–Trinajstić information content (AvgIpc) is 3.08. The molecule has 0 saturated heterocycles. The molecule has 1 unspecified atom stereocenters. The first-order valence-electron chi connectivity index (χ1n) is 7.30. The molecule has 8 heteroatoms. The zero-order valence-corrected chi connectivity index (χ0v) is 13.1. The third-order valence-electron chi connectivity index (χ3n) is 3.38. The summed E-state index contributed by atoms with van der Waals surface area (Å²) in [7, 11) is 0. The Morgan fingerprint density at radius 3 is 2.54 bits per heavy atom. The lowest BCUT2D eigenvalue weighted by atomic mass is 10.1. The molecule has 0 spiro atoms. The molecule has 7 nitrogen and oxygen atoms in total. The molecule has 3 aromatic rings. The third-order valence-corrected chi connectivity index (χ3v) is 3.38. The first kappa shape index (κ1) is 15.7. The Bertz CT molecular complexity index is 845. The highest BCUT2D eigenvalue weighted by Crippen LogP contribution is 2.16. The molecule has 0 bridgehead atoms. The third kappa shape index (κ3) is 3.27. The number of aromatic nitrogens is 5. The largest absolute Gasteiger partial charge is 0.344 e. The van der Waals surface area contributed by atoms with E-state index >= 15 is 0 Å². The molecule has 3 rings (SSSR count). The van der Waals surface area contributed by atoms with Crippen molar-refractivity contribution in [2.24, 2.45) is 0 Å². The number of rotatable bonds is 4. The molecule has 0 aliphatic carbocycles. The van der Waals surface area contributed by atoms with Crippen LogP contribution in [-0.2, 0) is 0 Å². The molecule has 24 heavy (non-hydrogen) atoms. The fourth-order valence-electron chi connectivity index (χ4n) is 2.34. The van der Waals surface area contributed by atoms with Gasteiger partial charge in [0.25, 0.3) is 5.91 Å². The van der Waals surface area contributed by atoms with Crippen LogP contribution in [0.15, 0.2) is 43.0 Å². The number of carbonyl (C=O) groups excluding carboxylic acids is 1. The molecule has 1 aromatic carbocycles. The Morgan fingerprint density at radius 2 is 1.83 bits per heavy atom.